The number of amides is 1. The number of nitrogens with one attached hydrogen (secondary N) is 2. The molecule has 0 spiro atoms. The van der Waals surface area contributed by atoms with Crippen LogP contribution in [-0.4, -0.2) is 29.6 Å². The van der Waals surface area contributed by atoms with Crippen molar-refractivity contribution < 1.29 is 14.7 Å². The molecule has 1 atom stereocenters. The van der Waals surface area contributed by atoms with Gasteiger partial charge in [0, 0.05) is 18.7 Å². The highest BCUT2D eigenvalue weighted by Crippen LogP contribution is 2.45. The Bertz CT molecular complexity index is 512. The minimum absolute atomic E-state index is 0.122. The summed E-state index contributed by atoms with van der Waals surface area (Å²) in [6.07, 6.45) is 1.96. The topological polar surface area (TPSA) is 78.4 Å². The maximum atomic E-state index is 12.0. The molecule has 1 unspecified atom stereocenters. The Morgan fingerprint density at radius 2 is 2.11 bits per heavy atom. The molecule has 3 N–H and O–H groups in total. The van der Waals surface area contributed by atoms with Gasteiger partial charge in [0.05, 0.1) is 5.41 Å². The van der Waals surface area contributed by atoms with Gasteiger partial charge in [-0.3, -0.25) is 9.59 Å². The van der Waals surface area contributed by atoms with Gasteiger partial charge in [-0.15, -0.1) is 0 Å². The SMILES string of the molecule is O=C(NCC1(C(=O)O)CC1)C1Cc2ccccc2N1. The number of carbonyl (C=O) groups is 2. The molecule has 5 heteroatoms. The molecule has 0 bridgehead atoms. The lowest BCUT2D eigenvalue weighted by Crippen LogP contribution is -2.42. The largest absolute Gasteiger partial charge is 0.481 e. The number of benzene rings is 1. The molecular formula is C14H16N2O3. The molecule has 5 nitrogen and oxygen atoms in total. The number of carboxylic acids is 1. The standard InChI is InChI=1S/C14H16N2O3/c17-12(15-8-14(5-6-14)13(18)19)11-7-9-3-1-2-4-10(9)16-11/h1-4,11,16H,5-8H2,(H,15,17)(H,18,19). The van der Waals surface area contributed by atoms with E-state index in [1.54, 1.807) is 0 Å². The van der Waals surface area contributed by atoms with Crippen LogP contribution in [0.15, 0.2) is 24.3 Å². The predicted octanol–water partition coefficient (Wildman–Crippen LogP) is 1.00. The Labute approximate surface area is 111 Å². The van der Waals surface area contributed by atoms with E-state index in [0.717, 1.165) is 11.3 Å². The third-order valence-corrected chi connectivity index (χ3v) is 4.00. The zero-order valence-electron chi connectivity index (χ0n) is 10.5. The molecule has 0 saturated heterocycles. The molecular weight excluding hydrogens is 244 g/mol. The maximum Gasteiger partial charge on any atom is 0.311 e. The second kappa shape index (κ2) is 4.26. The van der Waals surface area contributed by atoms with E-state index in [-0.39, 0.29) is 18.5 Å². The lowest BCUT2D eigenvalue weighted by Gasteiger charge is -2.15. The number of carbonyl (C=O) groups excluding carboxylic acids is 1. The monoisotopic (exact) mass is 260 g/mol. The number of fused-ring (bicyclic) bond motifs is 1. The van der Waals surface area contributed by atoms with Gasteiger partial charge >= 0.3 is 5.97 Å². The average Bonchev–Trinajstić information content (AvgIpc) is 3.07. The van der Waals surface area contributed by atoms with Crippen LogP contribution in [0, 0.1) is 5.41 Å². The smallest absolute Gasteiger partial charge is 0.311 e. The van der Waals surface area contributed by atoms with Crippen molar-refractivity contribution in [1.29, 1.82) is 0 Å². The number of hydrogen-bond acceptors (Lipinski definition) is 3. The molecule has 1 amide bonds. The summed E-state index contributed by atoms with van der Waals surface area (Å²) in [5.74, 6) is -0.931. The van der Waals surface area contributed by atoms with E-state index in [9.17, 15) is 9.59 Å². The van der Waals surface area contributed by atoms with Crippen LogP contribution in [0.4, 0.5) is 5.69 Å². The summed E-state index contributed by atoms with van der Waals surface area (Å²) >= 11 is 0. The van der Waals surface area contributed by atoms with Gasteiger partial charge in [-0.05, 0) is 24.5 Å². The zero-order valence-corrected chi connectivity index (χ0v) is 10.5. The molecule has 1 heterocycles. The van der Waals surface area contributed by atoms with Gasteiger partial charge in [-0.25, -0.2) is 0 Å². The Morgan fingerprint density at radius 3 is 2.74 bits per heavy atom. The van der Waals surface area contributed by atoms with Crippen molar-refractivity contribution >= 4 is 17.6 Å². The van der Waals surface area contributed by atoms with E-state index in [1.165, 1.54) is 0 Å². The van der Waals surface area contributed by atoms with E-state index >= 15 is 0 Å². The Balaban J connectivity index is 1.57. The summed E-state index contributed by atoms with van der Waals surface area (Å²) in [6.45, 7) is 0.232. The third kappa shape index (κ3) is 2.16. The minimum atomic E-state index is -0.810. The number of anilines is 1. The minimum Gasteiger partial charge on any atom is -0.481 e. The molecule has 0 radical (unpaired) electrons. The molecule has 2 aliphatic rings. The van der Waals surface area contributed by atoms with Gasteiger partial charge in [0.25, 0.3) is 0 Å². The summed E-state index contributed by atoms with van der Waals surface area (Å²) < 4.78 is 0. The number of rotatable bonds is 4. The van der Waals surface area contributed by atoms with Crippen molar-refractivity contribution in [2.24, 2.45) is 5.41 Å². The maximum absolute atomic E-state index is 12.0. The van der Waals surface area contributed by atoms with Crippen LogP contribution in [-0.2, 0) is 16.0 Å². The molecule has 19 heavy (non-hydrogen) atoms. The van der Waals surface area contributed by atoms with E-state index in [2.05, 4.69) is 10.6 Å². The highest BCUT2D eigenvalue weighted by Gasteiger charge is 2.50. The van der Waals surface area contributed by atoms with E-state index in [0.29, 0.717) is 19.3 Å². The Kier molecular flexibility index (Phi) is 2.69. The Morgan fingerprint density at radius 1 is 1.37 bits per heavy atom. The van der Waals surface area contributed by atoms with E-state index in [4.69, 9.17) is 5.11 Å². The van der Waals surface area contributed by atoms with Gasteiger partial charge < -0.3 is 15.7 Å². The Hall–Kier alpha value is -2.04. The van der Waals surface area contributed by atoms with Crippen LogP contribution in [0.5, 0.6) is 0 Å². The van der Waals surface area contributed by atoms with Gasteiger partial charge in [0.1, 0.15) is 6.04 Å². The first-order chi connectivity index (χ1) is 9.11. The highest BCUT2D eigenvalue weighted by molar-refractivity contribution is 5.88. The normalized spacial score (nSPS) is 22.2. The molecule has 3 rings (SSSR count). The number of carboxylic acid groups (broad SMARTS) is 1. The molecule has 0 aromatic heterocycles. The first kappa shape index (κ1) is 12.0. The third-order valence-electron chi connectivity index (χ3n) is 4.00. The van der Waals surface area contributed by atoms with Crippen molar-refractivity contribution in [3.63, 3.8) is 0 Å². The van der Waals surface area contributed by atoms with Gasteiger partial charge in [0.2, 0.25) is 5.91 Å². The molecule has 100 valence electrons. The van der Waals surface area contributed by atoms with Gasteiger partial charge in [-0.2, -0.15) is 0 Å². The lowest BCUT2D eigenvalue weighted by atomic mass is 10.1. The quantitative estimate of drug-likeness (QED) is 0.754. The summed E-state index contributed by atoms with van der Waals surface area (Å²) in [6, 6.07) is 7.53. The van der Waals surface area contributed by atoms with Crippen molar-refractivity contribution in [3.8, 4) is 0 Å². The second-order valence-electron chi connectivity index (χ2n) is 5.36. The first-order valence-electron chi connectivity index (χ1n) is 6.46. The molecule has 1 aromatic carbocycles. The first-order valence-corrected chi connectivity index (χ1v) is 6.46. The summed E-state index contributed by atoms with van der Waals surface area (Å²) in [5, 5.41) is 15.0. The van der Waals surface area contributed by atoms with Crippen LogP contribution in [0.3, 0.4) is 0 Å². The summed E-state index contributed by atoms with van der Waals surface area (Å²) in [5.41, 5.74) is 1.41. The van der Waals surface area contributed by atoms with Gasteiger partial charge in [0.15, 0.2) is 0 Å². The zero-order chi connectivity index (χ0) is 13.5. The van der Waals surface area contributed by atoms with Crippen LogP contribution in [0.2, 0.25) is 0 Å². The van der Waals surface area contributed by atoms with E-state index in [1.807, 2.05) is 24.3 Å². The lowest BCUT2D eigenvalue weighted by molar-refractivity contribution is -0.143. The van der Waals surface area contributed by atoms with Gasteiger partial charge in [-0.1, -0.05) is 18.2 Å². The van der Waals surface area contributed by atoms with Crippen molar-refractivity contribution in [1.82, 2.24) is 5.32 Å². The van der Waals surface area contributed by atoms with Crippen molar-refractivity contribution in [3.05, 3.63) is 29.8 Å². The van der Waals surface area contributed by atoms with Crippen molar-refractivity contribution in [2.75, 3.05) is 11.9 Å². The van der Waals surface area contributed by atoms with Crippen LogP contribution < -0.4 is 10.6 Å². The molecule has 1 aliphatic carbocycles. The van der Waals surface area contributed by atoms with Crippen LogP contribution >= 0.6 is 0 Å². The molecule has 1 aliphatic heterocycles. The fraction of sp³-hybridized carbons (Fsp3) is 0.429. The fourth-order valence-corrected chi connectivity index (χ4v) is 2.45. The fourth-order valence-electron chi connectivity index (χ4n) is 2.45. The predicted molar refractivity (Wildman–Crippen MR) is 69.9 cm³/mol. The summed E-state index contributed by atoms with van der Waals surface area (Å²) in [4.78, 5) is 23.1. The van der Waals surface area contributed by atoms with Crippen LogP contribution in [0.25, 0.3) is 0 Å². The number of aliphatic carboxylic acids is 1. The highest BCUT2D eigenvalue weighted by atomic mass is 16.4. The van der Waals surface area contributed by atoms with Crippen LogP contribution in [0.1, 0.15) is 18.4 Å². The summed E-state index contributed by atoms with van der Waals surface area (Å²) in [7, 11) is 0. The molecule has 1 fully saturated rings. The average molecular weight is 260 g/mol. The molecule has 1 saturated carbocycles. The number of hydrogen-bond donors (Lipinski definition) is 3. The second-order valence-corrected chi connectivity index (χ2v) is 5.36. The number of para-hydroxylation sites is 1. The molecule has 1 aromatic rings. The van der Waals surface area contributed by atoms with Crippen molar-refractivity contribution in [2.45, 2.75) is 25.3 Å². The van der Waals surface area contributed by atoms with E-state index < -0.39 is 11.4 Å².